The normalized spacial score (nSPS) is 11.7. The Bertz CT molecular complexity index is 450. The highest BCUT2D eigenvalue weighted by atomic mass is 35.5. The summed E-state index contributed by atoms with van der Waals surface area (Å²) in [7, 11) is 0. The molecule has 20 heavy (non-hydrogen) atoms. The van der Waals surface area contributed by atoms with Gasteiger partial charge in [0.05, 0.1) is 0 Å². The number of hydrogen-bond donors (Lipinski definition) is 4. The minimum Gasteiger partial charge on any atom is -0.480 e. The lowest BCUT2D eigenvalue weighted by Gasteiger charge is -2.14. The van der Waals surface area contributed by atoms with Gasteiger partial charge >= 0.3 is 12.0 Å². The summed E-state index contributed by atoms with van der Waals surface area (Å²) in [5.74, 6) is -1.17. The number of aliphatic hydroxyl groups is 1. The highest BCUT2D eigenvalue weighted by Gasteiger charge is 2.18. The highest BCUT2D eigenvalue weighted by molar-refractivity contribution is 6.30. The number of carboxylic acids is 1. The number of aliphatic hydroxyl groups excluding tert-OH is 1. The molecule has 0 saturated heterocycles. The summed E-state index contributed by atoms with van der Waals surface area (Å²) in [6.45, 7) is 0.0704. The van der Waals surface area contributed by atoms with Crippen molar-refractivity contribution in [1.29, 1.82) is 0 Å². The molecule has 6 nitrogen and oxygen atoms in total. The molecule has 0 saturated carbocycles. The summed E-state index contributed by atoms with van der Waals surface area (Å²) in [6, 6.07) is 5.58. The summed E-state index contributed by atoms with van der Waals surface area (Å²) >= 11 is 5.76. The maximum absolute atomic E-state index is 11.5. The molecule has 0 spiro atoms. The molecule has 0 heterocycles. The van der Waals surface area contributed by atoms with Gasteiger partial charge in [-0.1, -0.05) is 23.7 Å². The number of aliphatic carboxylic acids is 1. The van der Waals surface area contributed by atoms with Gasteiger partial charge in [-0.3, -0.25) is 0 Å². The minimum atomic E-state index is -1.17. The fraction of sp³-hybridized carbons (Fsp3) is 0.385. The van der Waals surface area contributed by atoms with E-state index >= 15 is 0 Å². The molecule has 0 radical (unpaired) electrons. The molecule has 110 valence electrons. The van der Waals surface area contributed by atoms with Crippen LogP contribution in [-0.2, 0) is 11.2 Å². The Balaban J connectivity index is 2.32. The predicted octanol–water partition coefficient (Wildman–Crippen LogP) is 1.02. The fourth-order valence-electron chi connectivity index (χ4n) is 1.57. The Morgan fingerprint density at radius 1 is 1.25 bits per heavy atom. The maximum atomic E-state index is 11.5. The van der Waals surface area contributed by atoms with Crippen LogP contribution in [0.2, 0.25) is 5.02 Å². The second-order valence-electron chi connectivity index (χ2n) is 4.18. The van der Waals surface area contributed by atoms with E-state index in [2.05, 4.69) is 10.6 Å². The second kappa shape index (κ2) is 8.39. The third kappa shape index (κ3) is 5.90. The first-order valence-corrected chi connectivity index (χ1v) is 6.53. The Morgan fingerprint density at radius 3 is 2.45 bits per heavy atom. The molecular formula is C13H17ClN2O4. The van der Waals surface area contributed by atoms with Crippen LogP contribution in [0, 0.1) is 0 Å². The molecule has 0 aliphatic heterocycles. The first kappa shape index (κ1) is 16.3. The van der Waals surface area contributed by atoms with E-state index < -0.39 is 18.0 Å². The number of benzene rings is 1. The van der Waals surface area contributed by atoms with Gasteiger partial charge in [-0.25, -0.2) is 9.59 Å². The van der Waals surface area contributed by atoms with Gasteiger partial charge in [-0.2, -0.15) is 0 Å². The molecule has 0 fully saturated rings. The number of halogens is 1. The van der Waals surface area contributed by atoms with Gasteiger partial charge in [0.1, 0.15) is 6.04 Å². The lowest BCUT2D eigenvalue weighted by atomic mass is 10.1. The van der Waals surface area contributed by atoms with Crippen LogP contribution in [0.25, 0.3) is 0 Å². The lowest BCUT2D eigenvalue weighted by Crippen LogP contribution is -2.46. The number of rotatable bonds is 7. The van der Waals surface area contributed by atoms with E-state index in [0.717, 1.165) is 5.56 Å². The summed E-state index contributed by atoms with van der Waals surface area (Å²) in [4.78, 5) is 22.3. The van der Waals surface area contributed by atoms with E-state index in [4.69, 9.17) is 21.8 Å². The molecule has 0 unspecified atom stereocenters. The van der Waals surface area contributed by atoms with E-state index in [1.807, 2.05) is 12.1 Å². The summed E-state index contributed by atoms with van der Waals surface area (Å²) in [6.07, 6.45) is 0.586. The topological polar surface area (TPSA) is 98.7 Å². The number of urea groups is 1. The van der Waals surface area contributed by atoms with Crippen molar-refractivity contribution < 1.29 is 19.8 Å². The van der Waals surface area contributed by atoms with Gasteiger partial charge in [0.15, 0.2) is 0 Å². The highest BCUT2D eigenvalue weighted by Crippen LogP contribution is 2.09. The van der Waals surface area contributed by atoms with E-state index in [-0.39, 0.29) is 13.0 Å². The zero-order chi connectivity index (χ0) is 15.0. The predicted molar refractivity (Wildman–Crippen MR) is 74.8 cm³/mol. The zero-order valence-electron chi connectivity index (χ0n) is 10.8. The molecule has 0 aliphatic carbocycles. The van der Waals surface area contributed by atoms with Crippen molar-refractivity contribution in [3.8, 4) is 0 Å². The Morgan fingerprint density at radius 2 is 1.90 bits per heavy atom. The molecule has 2 amide bonds. The maximum Gasteiger partial charge on any atom is 0.326 e. The average Bonchev–Trinajstić information content (AvgIpc) is 2.40. The SMILES string of the molecule is O=C(NCCc1ccc(Cl)cc1)N[C@H](CCO)C(=O)O. The summed E-state index contributed by atoms with van der Waals surface area (Å²) in [5, 5.41) is 23.0. The number of carbonyl (C=O) groups excluding carboxylic acids is 1. The van der Waals surface area contributed by atoms with Gasteiger partial charge in [-0.05, 0) is 24.1 Å². The quantitative estimate of drug-likeness (QED) is 0.604. The first-order chi connectivity index (χ1) is 9.52. The molecule has 7 heteroatoms. The van der Waals surface area contributed by atoms with Crippen molar-refractivity contribution in [1.82, 2.24) is 10.6 Å². The number of nitrogens with one attached hydrogen (secondary N) is 2. The number of carbonyl (C=O) groups is 2. The van der Waals surface area contributed by atoms with Gasteiger partial charge in [0, 0.05) is 24.6 Å². The molecule has 4 N–H and O–H groups in total. The van der Waals surface area contributed by atoms with Crippen LogP contribution in [0.15, 0.2) is 24.3 Å². The van der Waals surface area contributed by atoms with Gasteiger partial charge in [0.2, 0.25) is 0 Å². The van der Waals surface area contributed by atoms with E-state index in [9.17, 15) is 9.59 Å². The summed E-state index contributed by atoms with van der Waals surface area (Å²) in [5.41, 5.74) is 1.01. The van der Waals surface area contributed by atoms with Gasteiger partial charge < -0.3 is 20.8 Å². The standard InChI is InChI=1S/C13H17ClN2O4/c14-10-3-1-9(2-4-10)5-7-15-13(20)16-11(6-8-17)12(18)19/h1-4,11,17H,5-8H2,(H,18,19)(H2,15,16,20)/t11-/m1/s1. The fourth-order valence-corrected chi connectivity index (χ4v) is 1.69. The van der Waals surface area contributed by atoms with Crippen LogP contribution in [0.4, 0.5) is 4.79 Å². The molecule has 1 atom stereocenters. The van der Waals surface area contributed by atoms with Crippen molar-refractivity contribution in [3.63, 3.8) is 0 Å². The Kier molecular flexibility index (Phi) is 6.83. The second-order valence-corrected chi connectivity index (χ2v) is 4.62. The first-order valence-electron chi connectivity index (χ1n) is 6.15. The van der Waals surface area contributed by atoms with Crippen molar-refractivity contribution >= 4 is 23.6 Å². The average molecular weight is 301 g/mol. The number of amides is 2. The van der Waals surface area contributed by atoms with Crippen LogP contribution in [0.3, 0.4) is 0 Å². The molecule has 1 aromatic rings. The van der Waals surface area contributed by atoms with Crippen molar-refractivity contribution in [2.75, 3.05) is 13.2 Å². The lowest BCUT2D eigenvalue weighted by molar-refractivity contribution is -0.139. The molecular weight excluding hydrogens is 284 g/mol. The van der Waals surface area contributed by atoms with Gasteiger partial charge in [-0.15, -0.1) is 0 Å². The van der Waals surface area contributed by atoms with Crippen molar-refractivity contribution in [2.45, 2.75) is 18.9 Å². The summed E-state index contributed by atoms with van der Waals surface area (Å²) < 4.78 is 0. The largest absolute Gasteiger partial charge is 0.480 e. The molecule has 0 aliphatic rings. The number of hydrogen-bond acceptors (Lipinski definition) is 3. The molecule has 1 aromatic carbocycles. The van der Waals surface area contributed by atoms with Gasteiger partial charge in [0.25, 0.3) is 0 Å². The van der Waals surface area contributed by atoms with E-state index in [0.29, 0.717) is 18.0 Å². The van der Waals surface area contributed by atoms with Crippen LogP contribution < -0.4 is 10.6 Å². The Hall–Kier alpha value is -1.79. The van der Waals surface area contributed by atoms with E-state index in [1.165, 1.54) is 0 Å². The third-order valence-electron chi connectivity index (χ3n) is 2.63. The van der Waals surface area contributed by atoms with Crippen LogP contribution in [0.5, 0.6) is 0 Å². The number of carboxylic acid groups (broad SMARTS) is 1. The third-order valence-corrected chi connectivity index (χ3v) is 2.89. The smallest absolute Gasteiger partial charge is 0.326 e. The minimum absolute atomic E-state index is 0.0278. The zero-order valence-corrected chi connectivity index (χ0v) is 11.6. The van der Waals surface area contributed by atoms with Crippen LogP contribution in [-0.4, -0.2) is 41.4 Å². The monoisotopic (exact) mass is 300 g/mol. The van der Waals surface area contributed by atoms with Crippen molar-refractivity contribution in [2.24, 2.45) is 0 Å². The molecule has 0 aromatic heterocycles. The van der Waals surface area contributed by atoms with Crippen LogP contribution >= 0.6 is 11.6 Å². The molecule has 1 rings (SSSR count). The van der Waals surface area contributed by atoms with Crippen molar-refractivity contribution in [3.05, 3.63) is 34.9 Å². The molecule has 0 bridgehead atoms. The Labute approximate surface area is 121 Å². The van der Waals surface area contributed by atoms with E-state index in [1.54, 1.807) is 12.1 Å². The van der Waals surface area contributed by atoms with Crippen LogP contribution in [0.1, 0.15) is 12.0 Å².